The molecule has 1 fully saturated rings. The molecular formula is C20H24BrN2O3+. The summed E-state index contributed by atoms with van der Waals surface area (Å²) in [6.45, 7) is 4.13. The number of hydrogen-bond acceptors (Lipinski definition) is 4. The van der Waals surface area contributed by atoms with Crippen LogP contribution >= 0.6 is 15.9 Å². The monoisotopic (exact) mass is 419 g/mol. The number of hydrogen-bond donors (Lipinski definition) is 2. The summed E-state index contributed by atoms with van der Waals surface area (Å²) in [5.74, 6) is 1.09. The number of aromatic hydroxyl groups is 1. The number of morpholine rings is 1. The number of nitrogens with zero attached hydrogens (tertiary/aromatic N) is 1. The van der Waals surface area contributed by atoms with Crippen molar-refractivity contribution in [1.82, 2.24) is 0 Å². The van der Waals surface area contributed by atoms with Crippen LogP contribution in [0.1, 0.15) is 17.2 Å². The van der Waals surface area contributed by atoms with E-state index in [4.69, 9.17) is 9.47 Å². The Kier molecular flexibility index (Phi) is 6.66. The number of methoxy groups -OCH3 is 1. The van der Waals surface area contributed by atoms with Crippen LogP contribution in [-0.4, -0.2) is 51.3 Å². The number of rotatable bonds is 6. The molecule has 6 heteroatoms. The zero-order chi connectivity index (χ0) is 18.4. The third kappa shape index (κ3) is 4.84. The van der Waals surface area contributed by atoms with E-state index >= 15 is 0 Å². The minimum atomic E-state index is 0.233. The molecule has 1 atom stereocenters. The SMILES string of the molecule is COc1ccc([C@H](CN=Cc2cc(Br)ccc2O)[NH+]2CCOCC2)cc1. The molecule has 5 nitrogen and oxygen atoms in total. The summed E-state index contributed by atoms with van der Waals surface area (Å²) < 4.78 is 11.7. The maximum atomic E-state index is 9.98. The Balaban J connectivity index is 1.78. The maximum absolute atomic E-state index is 9.98. The lowest BCUT2D eigenvalue weighted by atomic mass is 10.0. The summed E-state index contributed by atoms with van der Waals surface area (Å²) in [5, 5.41) is 9.98. The van der Waals surface area contributed by atoms with Crippen LogP contribution in [0.4, 0.5) is 0 Å². The zero-order valence-electron chi connectivity index (χ0n) is 14.8. The van der Waals surface area contributed by atoms with Crippen molar-refractivity contribution >= 4 is 22.1 Å². The molecule has 0 saturated carbocycles. The Labute approximate surface area is 162 Å². The number of aliphatic imine (C=N–C) groups is 1. The van der Waals surface area contributed by atoms with Gasteiger partial charge in [-0.3, -0.25) is 4.99 Å². The van der Waals surface area contributed by atoms with Crippen LogP contribution in [0.3, 0.4) is 0 Å². The van der Waals surface area contributed by atoms with E-state index in [1.54, 1.807) is 19.4 Å². The predicted octanol–water partition coefficient (Wildman–Crippen LogP) is 2.24. The molecule has 0 spiro atoms. The highest BCUT2D eigenvalue weighted by Crippen LogP contribution is 2.21. The second-order valence-electron chi connectivity index (χ2n) is 6.29. The molecular weight excluding hydrogens is 396 g/mol. The van der Waals surface area contributed by atoms with Crippen LogP contribution in [0.5, 0.6) is 11.5 Å². The fourth-order valence-electron chi connectivity index (χ4n) is 3.17. The predicted molar refractivity (Wildman–Crippen MR) is 106 cm³/mol. The number of phenols is 1. The Bertz CT molecular complexity index is 743. The number of ether oxygens (including phenoxy) is 2. The first-order chi connectivity index (χ1) is 12.7. The molecule has 138 valence electrons. The highest BCUT2D eigenvalue weighted by Gasteiger charge is 2.26. The van der Waals surface area contributed by atoms with Gasteiger partial charge in [-0.25, -0.2) is 0 Å². The molecule has 1 aliphatic rings. The Morgan fingerprint density at radius 1 is 1.23 bits per heavy atom. The first-order valence-electron chi connectivity index (χ1n) is 8.72. The summed E-state index contributed by atoms with van der Waals surface area (Å²) in [6, 6.07) is 13.8. The van der Waals surface area contributed by atoms with Gasteiger partial charge in [-0.2, -0.15) is 0 Å². The topological polar surface area (TPSA) is 55.5 Å². The quantitative estimate of drug-likeness (QED) is 0.705. The van der Waals surface area contributed by atoms with Crippen LogP contribution in [0.25, 0.3) is 0 Å². The smallest absolute Gasteiger partial charge is 0.133 e. The second-order valence-corrected chi connectivity index (χ2v) is 7.21. The molecule has 0 aromatic heterocycles. The lowest BCUT2D eigenvalue weighted by molar-refractivity contribution is -0.937. The summed E-state index contributed by atoms with van der Waals surface area (Å²) in [4.78, 5) is 6.11. The van der Waals surface area contributed by atoms with Crippen LogP contribution in [0, 0.1) is 0 Å². The van der Waals surface area contributed by atoms with E-state index in [1.165, 1.54) is 10.5 Å². The van der Waals surface area contributed by atoms with Gasteiger partial charge < -0.3 is 19.5 Å². The standard InChI is InChI=1S/C20H23BrN2O3/c1-25-18-5-2-15(3-6-18)19(23-8-10-26-11-9-23)14-22-13-16-12-17(21)4-7-20(16)24/h2-7,12-13,19,24H,8-11,14H2,1H3/p+1/t19-/m0/s1. The van der Waals surface area contributed by atoms with Crippen molar-refractivity contribution in [1.29, 1.82) is 0 Å². The van der Waals surface area contributed by atoms with E-state index in [0.717, 1.165) is 36.5 Å². The number of quaternary nitrogens is 1. The van der Waals surface area contributed by atoms with E-state index in [2.05, 4.69) is 33.1 Å². The third-order valence-corrected chi connectivity index (χ3v) is 5.15. The molecule has 2 aromatic carbocycles. The summed E-state index contributed by atoms with van der Waals surface area (Å²) in [6.07, 6.45) is 1.75. The first-order valence-corrected chi connectivity index (χ1v) is 9.51. The molecule has 2 aromatic rings. The maximum Gasteiger partial charge on any atom is 0.133 e. The van der Waals surface area contributed by atoms with Crippen LogP contribution in [-0.2, 0) is 4.74 Å². The Hall–Kier alpha value is -1.89. The average molecular weight is 420 g/mol. The van der Waals surface area contributed by atoms with Gasteiger partial charge in [0, 0.05) is 21.8 Å². The molecule has 26 heavy (non-hydrogen) atoms. The third-order valence-electron chi connectivity index (χ3n) is 4.65. The number of phenolic OH excluding ortho intramolecular Hbond substituents is 1. The van der Waals surface area contributed by atoms with Crippen LogP contribution in [0.2, 0.25) is 0 Å². The minimum Gasteiger partial charge on any atom is -0.507 e. The second kappa shape index (κ2) is 9.16. The summed E-state index contributed by atoms with van der Waals surface area (Å²) in [7, 11) is 1.68. The highest BCUT2D eigenvalue weighted by atomic mass is 79.9. The molecule has 1 heterocycles. The van der Waals surface area contributed by atoms with Gasteiger partial charge in [0.05, 0.1) is 26.9 Å². The lowest BCUT2D eigenvalue weighted by Gasteiger charge is -2.31. The number of nitrogens with one attached hydrogen (secondary N) is 1. The van der Waals surface area contributed by atoms with E-state index < -0.39 is 0 Å². The van der Waals surface area contributed by atoms with Gasteiger partial charge in [0.15, 0.2) is 0 Å². The van der Waals surface area contributed by atoms with Crippen LogP contribution in [0.15, 0.2) is 51.9 Å². The molecule has 0 aliphatic carbocycles. The van der Waals surface area contributed by atoms with Gasteiger partial charge in [0.1, 0.15) is 30.6 Å². The molecule has 2 N–H and O–H groups in total. The zero-order valence-corrected chi connectivity index (χ0v) is 16.4. The normalized spacial score (nSPS) is 16.7. The Morgan fingerprint density at radius 3 is 2.65 bits per heavy atom. The fraction of sp³-hybridized carbons (Fsp3) is 0.350. The first kappa shape index (κ1) is 18.9. The van der Waals surface area contributed by atoms with Crippen molar-refractivity contribution in [3.63, 3.8) is 0 Å². The number of halogens is 1. The van der Waals surface area contributed by atoms with Crippen molar-refractivity contribution in [2.24, 2.45) is 4.99 Å². The van der Waals surface area contributed by atoms with Gasteiger partial charge in [0.25, 0.3) is 0 Å². The molecule has 0 radical (unpaired) electrons. The average Bonchev–Trinajstić information content (AvgIpc) is 2.69. The minimum absolute atomic E-state index is 0.233. The highest BCUT2D eigenvalue weighted by molar-refractivity contribution is 9.10. The molecule has 0 bridgehead atoms. The molecule has 1 aliphatic heterocycles. The van der Waals surface area contributed by atoms with Crippen molar-refractivity contribution in [2.45, 2.75) is 6.04 Å². The van der Waals surface area contributed by atoms with Gasteiger partial charge in [-0.1, -0.05) is 15.9 Å². The van der Waals surface area contributed by atoms with E-state index in [-0.39, 0.29) is 11.8 Å². The summed E-state index contributed by atoms with van der Waals surface area (Å²) >= 11 is 3.43. The lowest BCUT2D eigenvalue weighted by Crippen LogP contribution is -3.14. The van der Waals surface area contributed by atoms with Crippen molar-refractivity contribution in [3.8, 4) is 11.5 Å². The van der Waals surface area contributed by atoms with Crippen molar-refractivity contribution < 1.29 is 19.5 Å². The number of benzene rings is 2. The van der Waals surface area contributed by atoms with Gasteiger partial charge in [-0.05, 0) is 42.5 Å². The van der Waals surface area contributed by atoms with E-state index in [9.17, 15) is 5.11 Å². The van der Waals surface area contributed by atoms with Crippen molar-refractivity contribution in [2.75, 3.05) is 40.0 Å². The van der Waals surface area contributed by atoms with Gasteiger partial charge in [-0.15, -0.1) is 0 Å². The Morgan fingerprint density at radius 2 is 1.96 bits per heavy atom. The van der Waals surface area contributed by atoms with Crippen LogP contribution < -0.4 is 9.64 Å². The van der Waals surface area contributed by atoms with Gasteiger partial charge >= 0.3 is 0 Å². The largest absolute Gasteiger partial charge is 0.507 e. The molecule has 1 saturated heterocycles. The molecule has 3 rings (SSSR count). The fourth-order valence-corrected chi connectivity index (χ4v) is 3.55. The molecule has 0 unspecified atom stereocenters. The van der Waals surface area contributed by atoms with E-state index in [1.807, 2.05) is 24.3 Å². The van der Waals surface area contributed by atoms with Crippen molar-refractivity contribution in [3.05, 3.63) is 58.1 Å². The summed E-state index contributed by atoms with van der Waals surface area (Å²) in [5.41, 5.74) is 1.95. The van der Waals surface area contributed by atoms with Gasteiger partial charge in [0.2, 0.25) is 0 Å². The van der Waals surface area contributed by atoms with E-state index in [0.29, 0.717) is 12.1 Å². The molecule has 0 amide bonds.